The third kappa shape index (κ3) is 2.68. The van der Waals surface area contributed by atoms with E-state index in [2.05, 4.69) is 19.2 Å². The van der Waals surface area contributed by atoms with Crippen molar-refractivity contribution in [3.05, 3.63) is 24.0 Å². The summed E-state index contributed by atoms with van der Waals surface area (Å²) in [6, 6.07) is 4.87. The highest BCUT2D eigenvalue weighted by molar-refractivity contribution is 5.57. The van der Waals surface area contributed by atoms with E-state index >= 15 is 0 Å². The molecule has 0 amide bonds. The summed E-state index contributed by atoms with van der Waals surface area (Å²) in [5.41, 5.74) is 0.895. The van der Waals surface area contributed by atoms with Gasteiger partial charge in [-0.05, 0) is 25.5 Å². The Balaban J connectivity index is 2.07. The zero-order valence-corrected chi connectivity index (χ0v) is 12.0. The van der Waals surface area contributed by atoms with E-state index < -0.39 is 0 Å². The van der Waals surface area contributed by atoms with E-state index in [1.807, 2.05) is 6.92 Å². The molecule has 19 heavy (non-hydrogen) atoms. The second-order valence-corrected chi connectivity index (χ2v) is 5.54. The van der Waals surface area contributed by atoms with Gasteiger partial charge in [-0.1, -0.05) is 13.8 Å². The quantitative estimate of drug-likeness (QED) is 0.886. The van der Waals surface area contributed by atoms with Gasteiger partial charge in [0.2, 0.25) is 0 Å². The highest BCUT2D eigenvalue weighted by atomic mass is 19.1. The van der Waals surface area contributed by atoms with Crippen LogP contribution in [-0.2, 0) is 4.74 Å². The maximum Gasteiger partial charge on any atom is 0.144 e. The zero-order chi connectivity index (χ0) is 14.0. The van der Waals surface area contributed by atoms with Crippen molar-refractivity contribution in [2.24, 2.45) is 5.41 Å². The van der Waals surface area contributed by atoms with Gasteiger partial charge in [0.1, 0.15) is 11.6 Å². The van der Waals surface area contributed by atoms with E-state index in [4.69, 9.17) is 9.47 Å². The molecule has 1 fully saturated rings. The number of anilines is 1. The molecule has 2 rings (SSSR count). The number of halogens is 1. The van der Waals surface area contributed by atoms with Crippen LogP contribution in [0.5, 0.6) is 5.75 Å². The topological polar surface area (TPSA) is 30.5 Å². The average molecular weight is 267 g/mol. The molecule has 1 N–H and O–H groups in total. The first-order valence-electron chi connectivity index (χ1n) is 6.70. The number of hydrogen-bond acceptors (Lipinski definition) is 3. The predicted octanol–water partition coefficient (Wildman–Crippen LogP) is 3.45. The van der Waals surface area contributed by atoms with Gasteiger partial charge >= 0.3 is 0 Å². The Labute approximate surface area is 114 Å². The summed E-state index contributed by atoms with van der Waals surface area (Å²) < 4.78 is 24.1. The van der Waals surface area contributed by atoms with Crippen molar-refractivity contribution in [1.82, 2.24) is 0 Å². The lowest BCUT2D eigenvalue weighted by Gasteiger charge is -2.52. The number of ether oxygens (including phenoxy) is 2. The maximum atomic E-state index is 13.2. The first-order chi connectivity index (χ1) is 8.98. The molecule has 4 heteroatoms. The lowest BCUT2D eigenvalue weighted by atomic mass is 9.64. The average Bonchev–Trinajstić information content (AvgIpc) is 2.39. The Hall–Kier alpha value is -1.29. The molecule has 3 nitrogen and oxygen atoms in total. The molecular formula is C15H22FNO2. The van der Waals surface area contributed by atoms with Gasteiger partial charge in [-0.25, -0.2) is 4.39 Å². The summed E-state index contributed by atoms with van der Waals surface area (Å²) in [7, 11) is 1.55. The summed E-state index contributed by atoms with van der Waals surface area (Å²) in [5, 5.41) is 3.43. The molecule has 0 spiro atoms. The van der Waals surface area contributed by atoms with Gasteiger partial charge in [0.05, 0.1) is 18.9 Å². The van der Waals surface area contributed by atoms with Crippen LogP contribution >= 0.6 is 0 Å². The Morgan fingerprint density at radius 1 is 1.42 bits per heavy atom. The first-order valence-corrected chi connectivity index (χ1v) is 6.70. The highest BCUT2D eigenvalue weighted by Gasteiger charge is 2.49. The van der Waals surface area contributed by atoms with Crippen molar-refractivity contribution >= 4 is 5.69 Å². The molecule has 0 aromatic heterocycles. The largest absolute Gasteiger partial charge is 0.494 e. The molecular weight excluding hydrogens is 245 g/mol. The van der Waals surface area contributed by atoms with Crippen molar-refractivity contribution in [2.45, 2.75) is 39.3 Å². The number of benzene rings is 1. The monoisotopic (exact) mass is 267 g/mol. The van der Waals surface area contributed by atoms with Crippen LogP contribution in [0.4, 0.5) is 10.1 Å². The molecule has 2 atom stereocenters. The molecule has 1 saturated carbocycles. The van der Waals surface area contributed by atoms with E-state index in [1.54, 1.807) is 13.2 Å². The van der Waals surface area contributed by atoms with E-state index in [9.17, 15) is 4.39 Å². The minimum absolute atomic E-state index is 0.0649. The van der Waals surface area contributed by atoms with Crippen LogP contribution in [0.15, 0.2) is 18.2 Å². The van der Waals surface area contributed by atoms with E-state index in [0.717, 1.165) is 18.7 Å². The molecule has 2 unspecified atom stereocenters. The van der Waals surface area contributed by atoms with E-state index in [0.29, 0.717) is 11.8 Å². The van der Waals surface area contributed by atoms with Gasteiger partial charge < -0.3 is 14.8 Å². The van der Waals surface area contributed by atoms with Crippen LogP contribution in [-0.4, -0.2) is 25.9 Å². The lowest BCUT2D eigenvalue weighted by Crippen LogP contribution is -2.58. The molecule has 0 saturated heterocycles. The summed E-state index contributed by atoms with van der Waals surface area (Å²) in [6.45, 7) is 7.12. The molecule has 1 aromatic rings. The lowest BCUT2D eigenvalue weighted by molar-refractivity contribution is -0.0976. The fourth-order valence-corrected chi connectivity index (χ4v) is 2.59. The van der Waals surface area contributed by atoms with Gasteiger partial charge in [0.25, 0.3) is 0 Å². The molecule has 106 valence electrons. The Morgan fingerprint density at radius 3 is 2.74 bits per heavy atom. The van der Waals surface area contributed by atoms with Crippen molar-refractivity contribution in [3.8, 4) is 5.75 Å². The van der Waals surface area contributed by atoms with Gasteiger partial charge in [-0.3, -0.25) is 0 Å². The van der Waals surface area contributed by atoms with Crippen LogP contribution in [0.3, 0.4) is 0 Å². The molecule has 1 aliphatic rings. The van der Waals surface area contributed by atoms with Crippen LogP contribution in [0.2, 0.25) is 0 Å². The van der Waals surface area contributed by atoms with Crippen molar-refractivity contribution < 1.29 is 13.9 Å². The molecule has 1 aromatic carbocycles. The summed E-state index contributed by atoms with van der Waals surface area (Å²) in [5.74, 6) is 0.248. The number of rotatable bonds is 5. The van der Waals surface area contributed by atoms with Crippen LogP contribution in [0.1, 0.15) is 27.2 Å². The first kappa shape index (κ1) is 14.1. The highest BCUT2D eigenvalue weighted by Crippen LogP contribution is 2.45. The minimum Gasteiger partial charge on any atom is -0.494 e. The van der Waals surface area contributed by atoms with E-state index in [-0.39, 0.29) is 17.3 Å². The van der Waals surface area contributed by atoms with Crippen molar-refractivity contribution in [2.75, 3.05) is 19.0 Å². The third-order valence-corrected chi connectivity index (χ3v) is 4.04. The number of methoxy groups -OCH3 is 1. The smallest absolute Gasteiger partial charge is 0.144 e. The van der Waals surface area contributed by atoms with Crippen LogP contribution in [0, 0.1) is 11.2 Å². The fraction of sp³-hybridized carbons (Fsp3) is 0.600. The normalized spacial score (nSPS) is 24.7. The molecule has 0 aliphatic heterocycles. The van der Waals surface area contributed by atoms with Crippen LogP contribution in [0.25, 0.3) is 0 Å². The minimum atomic E-state index is -0.289. The van der Waals surface area contributed by atoms with Crippen LogP contribution < -0.4 is 10.1 Å². The second kappa shape index (κ2) is 5.37. The van der Waals surface area contributed by atoms with Crippen molar-refractivity contribution in [1.29, 1.82) is 0 Å². The van der Waals surface area contributed by atoms with Gasteiger partial charge in [-0.15, -0.1) is 0 Å². The summed E-state index contributed by atoms with van der Waals surface area (Å²) >= 11 is 0. The van der Waals surface area contributed by atoms with Gasteiger partial charge in [0.15, 0.2) is 0 Å². The second-order valence-electron chi connectivity index (χ2n) is 5.54. The molecule has 1 aliphatic carbocycles. The fourth-order valence-electron chi connectivity index (χ4n) is 2.59. The zero-order valence-electron chi connectivity index (χ0n) is 12.0. The standard InChI is InChI=1S/C15H22FNO2/c1-5-19-14-9-13(15(14,2)3)17-11-7-6-10(16)8-12(11)18-4/h6-8,13-14,17H,5,9H2,1-4H3. The summed E-state index contributed by atoms with van der Waals surface area (Å²) in [4.78, 5) is 0. The SMILES string of the molecule is CCOC1CC(Nc2ccc(F)cc2OC)C1(C)C. The number of nitrogens with one attached hydrogen (secondary N) is 1. The molecule has 0 heterocycles. The predicted molar refractivity (Wildman–Crippen MR) is 74.2 cm³/mol. The summed E-state index contributed by atoms with van der Waals surface area (Å²) in [6.07, 6.45) is 1.24. The van der Waals surface area contributed by atoms with Crippen molar-refractivity contribution in [3.63, 3.8) is 0 Å². The molecule has 0 bridgehead atoms. The number of hydrogen-bond donors (Lipinski definition) is 1. The van der Waals surface area contributed by atoms with Gasteiger partial charge in [-0.2, -0.15) is 0 Å². The maximum absolute atomic E-state index is 13.2. The Kier molecular flexibility index (Phi) is 3.99. The van der Waals surface area contributed by atoms with Gasteiger partial charge in [0, 0.05) is 24.1 Å². The third-order valence-electron chi connectivity index (χ3n) is 4.04. The Morgan fingerprint density at radius 2 is 2.16 bits per heavy atom. The Bertz CT molecular complexity index is 448. The van der Waals surface area contributed by atoms with E-state index in [1.165, 1.54) is 12.1 Å². The molecule has 0 radical (unpaired) electrons.